The molecule has 0 bridgehead atoms. The molecule has 0 spiro atoms. The molecule has 1 saturated heterocycles. The number of ketones is 1. The number of ether oxygens (including phenoxy) is 1. The molecule has 1 rings (SSSR count). The molecule has 3 N–H and O–H groups in total. The predicted molar refractivity (Wildman–Crippen MR) is 94.2 cm³/mol. The van der Waals surface area contributed by atoms with Crippen molar-refractivity contribution in [2.45, 2.75) is 91.1 Å². The van der Waals surface area contributed by atoms with E-state index in [1.54, 1.807) is 6.92 Å². The van der Waals surface area contributed by atoms with Crippen LogP contribution in [0.3, 0.4) is 0 Å². The number of Topliss-reactive ketones (excluding diaryl/α,β-unsaturated/α-hetero) is 1. The Balaban J connectivity index is 2.56. The van der Waals surface area contributed by atoms with Gasteiger partial charge < -0.3 is 20.1 Å². The van der Waals surface area contributed by atoms with E-state index < -0.39 is 35.9 Å². The molecule has 0 saturated carbocycles. The van der Waals surface area contributed by atoms with Gasteiger partial charge in [0.15, 0.2) is 0 Å². The van der Waals surface area contributed by atoms with Gasteiger partial charge in [-0.15, -0.1) is 0 Å². The Labute approximate surface area is 150 Å². The lowest BCUT2D eigenvalue weighted by Gasteiger charge is -2.34. The molecular formula is C19H34O6. The third kappa shape index (κ3) is 5.50. The average Bonchev–Trinajstić information content (AvgIpc) is 3.10. The molecular weight excluding hydrogens is 324 g/mol. The summed E-state index contributed by atoms with van der Waals surface area (Å²) in [5.74, 6) is -2.20. The van der Waals surface area contributed by atoms with Crippen LogP contribution in [0.25, 0.3) is 0 Å². The lowest BCUT2D eigenvalue weighted by molar-refractivity contribution is -0.147. The van der Waals surface area contributed by atoms with Crippen LogP contribution in [-0.4, -0.2) is 51.0 Å². The number of rotatable bonds is 11. The first kappa shape index (κ1) is 22.1. The van der Waals surface area contributed by atoms with Gasteiger partial charge >= 0.3 is 5.97 Å². The molecule has 0 radical (unpaired) electrons. The van der Waals surface area contributed by atoms with Crippen LogP contribution in [0, 0.1) is 17.3 Å². The Bertz CT molecular complexity index is 488. The van der Waals surface area contributed by atoms with Crippen molar-refractivity contribution in [2.24, 2.45) is 17.3 Å². The first-order chi connectivity index (χ1) is 11.3. The fourth-order valence-corrected chi connectivity index (χ4v) is 3.40. The van der Waals surface area contributed by atoms with Crippen LogP contribution < -0.4 is 0 Å². The third-order valence-electron chi connectivity index (χ3n) is 5.93. The summed E-state index contributed by atoms with van der Waals surface area (Å²) in [5.41, 5.74) is -1.27. The highest BCUT2D eigenvalue weighted by Crippen LogP contribution is 2.40. The van der Waals surface area contributed by atoms with E-state index in [9.17, 15) is 19.8 Å². The van der Waals surface area contributed by atoms with Gasteiger partial charge in [0.25, 0.3) is 0 Å². The summed E-state index contributed by atoms with van der Waals surface area (Å²) in [6.45, 7) is 10.7. The van der Waals surface area contributed by atoms with Gasteiger partial charge in [-0.2, -0.15) is 0 Å². The highest BCUT2D eigenvalue weighted by atomic mass is 16.6. The van der Waals surface area contributed by atoms with Crippen molar-refractivity contribution in [3.63, 3.8) is 0 Å². The van der Waals surface area contributed by atoms with E-state index in [1.807, 2.05) is 13.8 Å². The van der Waals surface area contributed by atoms with Gasteiger partial charge in [-0.25, -0.2) is 0 Å². The summed E-state index contributed by atoms with van der Waals surface area (Å²) in [7, 11) is 0. The minimum atomic E-state index is -1.28. The Morgan fingerprint density at radius 2 is 1.76 bits per heavy atom. The number of carboxylic acids is 1. The summed E-state index contributed by atoms with van der Waals surface area (Å²) >= 11 is 0. The van der Waals surface area contributed by atoms with Crippen molar-refractivity contribution < 1.29 is 29.6 Å². The zero-order valence-electron chi connectivity index (χ0n) is 16.3. The maximum absolute atomic E-state index is 12.7. The van der Waals surface area contributed by atoms with Crippen molar-refractivity contribution in [2.75, 3.05) is 0 Å². The molecule has 6 nitrogen and oxygen atoms in total. The molecule has 0 aromatic rings. The molecule has 1 aliphatic rings. The van der Waals surface area contributed by atoms with Crippen LogP contribution in [0.5, 0.6) is 0 Å². The molecule has 1 aliphatic heterocycles. The third-order valence-corrected chi connectivity index (χ3v) is 5.93. The Kier molecular flexibility index (Phi) is 7.19. The molecule has 1 fully saturated rings. The minimum absolute atomic E-state index is 0.0466. The van der Waals surface area contributed by atoms with Gasteiger partial charge in [-0.05, 0) is 32.6 Å². The second kappa shape index (κ2) is 8.14. The standard InChI is InChI=1S/C19H34O6/c1-11(8-7-9-19(6)13(3)25-19)16(23)12(2)17(24)18(4,5)14(20)10-15(21)22/h11-14,16,20,23H,7-10H2,1-6H3,(H,21,22). The van der Waals surface area contributed by atoms with E-state index in [2.05, 4.69) is 6.92 Å². The second-order valence-electron chi connectivity index (χ2n) is 8.42. The topological polar surface area (TPSA) is 107 Å². The SMILES string of the molecule is CC(CCCC1(C)OC1C)C(O)C(C)C(=O)C(C)(C)C(O)CC(=O)O. The number of aliphatic hydroxyl groups is 2. The first-order valence-corrected chi connectivity index (χ1v) is 9.13. The zero-order valence-corrected chi connectivity index (χ0v) is 16.3. The molecule has 0 aliphatic carbocycles. The van der Waals surface area contributed by atoms with Crippen molar-refractivity contribution >= 4 is 11.8 Å². The monoisotopic (exact) mass is 358 g/mol. The van der Waals surface area contributed by atoms with Crippen molar-refractivity contribution in [1.29, 1.82) is 0 Å². The summed E-state index contributed by atoms with van der Waals surface area (Å²) < 4.78 is 5.54. The lowest BCUT2D eigenvalue weighted by atomic mass is 9.73. The van der Waals surface area contributed by atoms with Crippen LogP contribution in [0.2, 0.25) is 0 Å². The minimum Gasteiger partial charge on any atom is -0.481 e. The van der Waals surface area contributed by atoms with Crippen LogP contribution in [0.4, 0.5) is 0 Å². The van der Waals surface area contributed by atoms with E-state index in [1.165, 1.54) is 13.8 Å². The summed E-state index contributed by atoms with van der Waals surface area (Å²) in [6, 6.07) is 0. The van der Waals surface area contributed by atoms with Gasteiger partial charge in [0.2, 0.25) is 0 Å². The number of hydrogen-bond donors (Lipinski definition) is 3. The maximum Gasteiger partial charge on any atom is 0.306 e. The summed E-state index contributed by atoms with van der Waals surface area (Å²) in [5, 5.41) is 29.4. The quantitative estimate of drug-likeness (QED) is 0.490. The predicted octanol–water partition coefficient (Wildman–Crippen LogP) is 2.40. The van der Waals surface area contributed by atoms with Gasteiger partial charge in [0, 0.05) is 5.92 Å². The maximum atomic E-state index is 12.7. The van der Waals surface area contributed by atoms with Crippen LogP contribution >= 0.6 is 0 Å². The molecule has 1 heterocycles. The molecule has 6 unspecified atom stereocenters. The largest absolute Gasteiger partial charge is 0.481 e. The summed E-state index contributed by atoms with van der Waals surface area (Å²) in [4.78, 5) is 23.5. The van der Waals surface area contributed by atoms with Crippen molar-refractivity contribution in [1.82, 2.24) is 0 Å². The van der Waals surface area contributed by atoms with E-state index in [-0.39, 0.29) is 23.4 Å². The highest BCUT2D eigenvalue weighted by Gasteiger charge is 2.48. The van der Waals surface area contributed by atoms with Gasteiger partial charge in [0.1, 0.15) is 5.78 Å². The van der Waals surface area contributed by atoms with E-state index in [0.29, 0.717) is 0 Å². The molecule has 25 heavy (non-hydrogen) atoms. The summed E-state index contributed by atoms with van der Waals surface area (Å²) in [6.07, 6.45) is 0.299. The lowest BCUT2D eigenvalue weighted by Crippen LogP contribution is -2.45. The normalized spacial score (nSPS) is 28.1. The van der Waals surface area contributed by atoms with Gasteiger partial charge in [-0.1, -0.05) is 34.1 Å². The zero-order chi connectivity index (χ0) is 19.6. The van der Waals surface area contributed by atoms with E-state index in [0.717, 1.165) is 19.3 Å². The molecule has 0 amide bonds. The molecule has 0 aromatic carbocycles. The van der Waals surface area contributed by atoms with Crippen molar-refractivity contribution in [3.05, 3.63) is 0 Å². The van der Waals surface area contributed by atoms with E-state index >= 15 is 0 Å². The second-order valence-corrected chi connectivity index (χ2v) is 8.42. The van der Waals surface area contributed by atoms with Crippen LogP contribution in [0.1, 0.15) is 67.2 Å². The van der Waals surface area contributed by atoms with Crippen LogP contribution in [-0.2, 0) is 14.3 Å². The highest BCUT2D eigenvalue weighted by molar-refractivity contribution is 5.87. The van der Waals surface area contributed by atoms with E-state index in [4.69, 9.17) is 9.84 Å². The molecule has 146 valence electrons. The Morgan fingerprint density at radius 3 is 2.20 bits per heavy atom. The Morgan fingerprint density at radius 1 is 1.24 bits per heavy atom. The Hall–Kier alpha value is -0.980. The number of aliphatic hydroxyl groups excluding tert-OH is 2. The number of carbonyl (C=O) groups excluding carboxylic acids is 1. The first-order valence-electron chi connectivity index (χ1n) is 9.13. The fraction of sp³-hybridized carbons (Fsp3) is 0.895. The molecule has 0 aromatic heterocycles. The number of aliphatic carboxylic acids is 1. The number of hydrogen-bond acceptors (Lipinski definition) is 5. The number of carbonyl (C=O) groups is 2. The fourth-order valence-electron chi connectivity index (χ4n) is 3.40. The van der Waals surface area contributed by atoms with Gasteiger partial charge in [-0.3, -0.25) is 9.59 Å². The number of carboxylic acid groups (broad SMARTS) is 1. The smallest absolute Gasteiger partial charge is 0.306 e. The van der Waals surface area contributed by atoms with Gasteiger partial charge in [0.05, 0.1) is 35.7 Å². The molecule has 6 atom stereocenters. The number of epoxide rings is 1. The average molecular weight is 358 g/mol. The molecule has 6 heteroatoms. The van der Waals surface area contributed by atoms with Crippen LogP contribution in [0.15, 0.2) is 0 Å². The van der Waals surface area contributed by atoms with Crippen molar-refractivity contribution in [3.8, 4) is 0 Å².